The molecule has 0 aromatic heterocycles. The first-order valence-electron chi connectivity index (χ1n) is 15.6. The van der Waals surface area contributed by atoms with E-state index in [9.17, 15) is 10.2 Å². The second kappa shape index (κ2) is 14.6. The van der Waals surface area contributed by atoms with Crippen LogP contribution in [0.25, 0.3) is 0 Å². The van der Waals surface area contributed by atoms with Crippen molar-refractivity contribution in [3.05, 3.63) is 86.5 Å². The van der Waals surface area contributed by atoms with E-state index in [1.807, 2.05) is 38.1 Å². The summed E-state index contributed by atoms with van der Waals surface area (Å²) < 4.78 is 24.9. The number of hydrogen-bond acceptors (Lipinski definition) is 6. The van der Waals surface area contributed by atoms with Crippen LogP contribution in [0.5, 0.6) is 17.2 Å². The first kappa shape index (κ1) is 32.8. The molecule has 1 saturated heterocycles. The summed E-state index contributed by atoms with van der Waals surface area (Å²) in [6.07, 6.45) is 10.9. The minimum absolute atomic E-state index is 0.170. The number of hydrogen-bond donors (Lipinski definition) is 2. The van der Waals surface area contributed by atoms with Crippen molar-refractivity contribution in [2.45, 2.75) is 105 Å². The van der Waals surface area contributed by atoms with Crippen LogP contribution in [0.1, 0.15) is 100 Å². The van der Waals surface area contributed by atoms with E-state index in [-0.39, 0.29) is 12.4 Å². The Balaban J connectivity index is 1.64. The summed E-state index contributed by atoms with van der Waals surface area (Å²) in [6, 6.07) is 7.80. The van der Waals surface area contributed by atoms with Gasteiger partial charge < -0.3 is 29.2 Å². The number of aromatic hydroxyl groups is 1. The molecule has 1 fully saturated rings. The van der Waals surface area contributed by atoms with Crippen molar-refractivity contribution < 1.29 is 29.2 Å². The Morgan fingerprint density at radius 3 is 2.47 bits per heavy atom. The molecule has 4 rings (SSSR count). The second-order valence-corrected chi connectivity index (χ2v) is 12.3. The summed E-state index contributed by atoms with van der Waals surface area (Å²) >= 11 is 0. The molecule has 43 heavy (non-hydrogen) atoms. The Labute approximate surface area is 258 Å². The highest BCUT2D eigenvalue weighted by Crippen LogP contribution is 2.47. The minimum atomic E-state index is -0.590. The number of aliphatic hydroxyl groups excluding tert-OH is 1. The van der Waals surface area contributed by atoms with Crippen molar-refractivity contribution >= 4 is 0 Å². The van der Waals surface area contributed by atoms with Gasteiger partial charge >= 0.3 is 0 Å². The quantitative estimate of drug-likeness (QED) is 0.256. The van der Waals surface area contributed by atoms with Crippen LogP contribution < -0.4 is 9.47 Å². The fraction of sp³-hybridized carbons (Fsp3) is 0.514. The lowest BCUT2D eigenvalue weighted by Crippen LogP contribution is -2.41. The van der Waals surface area contributed by atoms with Crippen molar-refractivity contribution in [1.82, 2.24) is 0 Å². The van der Waals surface area contributed by atoms with Gasteiger partial charge in [0, 0.05) is 22.3 Å². The maximum Gasteiger partial charge on any atom is 0.184 e. The monoisotopic (exact) mass is 590 g/mol. The lowest BCUT2D eigenvalue weighted by molar-refractivity contribution is -0.162. The number of allylic oxidation sites excluding steroid dienone is 4. The summed E-state index contributed by atoms with van der Waals surface area (Å²) in [5.74, 6) is 1.71. The summed E-state index contributed by atoms with van der Waals surface area (Å²) in [5, 5.41) is 20.8. The molecule has 0 radical (unpaired) electrons. The van der Waals surface area contributed by atoms with Gasteiger partial charge in [-0.1, -0.05) is 48.8 Å². The molecule has 0 aliphatic carbocycles. The predicted octanol–water partition coefficient (Wildman–Crippen LogP) is 8.50. The largest absolute Gasteiger partial charge is 0.507 e. The number of fused-ring (bicyclic) bond motifs is 1. The first-order chi connectivity index (χ1) is 20.6. The molecule has 0 spiro atoms. The van der Waals surface area contributed by atoms with E-state index in [0.29, 0.717) is 18.8 Å². The molecule has 2 N–H and O–H groups in total. The van der Waals surface area contributed by atoms with Gasteiger partial charge in [-0.25, -0.2) is 0 Å². The van der Waals surface area contributed by atoms with Crippen LogP contribution in [0.15, 0.2) is 58.7 Å². The standard InChI is InChI=1S/C37H50O6/c1-8-11-24(2)12-9-13-25(3)16-17-33(29-22-41-36(42-23-29)28-14-10-15-30(20-28)40-7)37(6)19-18-31-26(4)34(39)32(21-38)27(5)35(31)43-37/h10,12,14-16,20,36,38-39H,8-9,11,13,17-19,21-23H2,1-7H3/b24-12+,25-16+,33-29?. The molecule has 0 amide bonds. The van der Waals surface area contributed by atoms with Gasteiger partial charge in [0.05, 0.1) is 26.9 Å². The molecule has 6 nitrogen and oxygen atoms in total. The molecule has 2 aromatic carbocycles. The van der Waals surface area contributed by atoms with E-state index < -0.39 is 11.9 Å². The fourth-order valence-corrected chi connectivity index (χ4v) is 6.32. The SMILES string of the molecule is CCC/C(C)=C/CC/C(C)=C/CC(=C1COC(c2cccc(OC)c2)OC1)C1(C)CCc2c(C)c(O)c(CO)c(C)c2O1. The molecule has 2 aliphatic rings. The Hall–Kier alpha value is -3.06. The molecule has 0 saturated carbocycles. The Morgan fingerprint density at radius 2 is 1.79 bits per heavy atom. The third kappa shape index (κ3) is 7.54. The highest BCUT2D eigenvalue weighted by Gasteiger charge is 2.39. The number of ether oxygens (including phenoxy) is 4. The Kier molecular flexibility index (Phi) is 11.2. The van der Waals surface area contributed by atoms with Gasteiger partial charge in [-0.3, -0.25) is 0 Å². The predicted molar refractivity (Wildman–Crippen MR) is 172 cm³/mol. The summed E-state index contributed by atoms with van der Waals surface area (Å²) in [4.78, 5) is 0. The van der Waals surface area contributed by atoms with Crippen LogP contribution in [0, 0.1) is 13.8 Å². The third-order valence-electron chi connectivity index (χ3n) is 9.08. The average molecular weight is 591 g/mol. The van der Waals surface area contributed by atoms with Crippen molar-refractivity contribution in [3.63, 3.8) is 0 Å². The topological polar surface area (TPSA) is 77.4 Å². The number of aliphatic hydroxyl groups is 1. The van der Waals surface area contributed by atoms with E-state index in [1.54, 1.807) is 7.11 Å². The van der Waals surface area contributed by atoms with Crippen LogP contribution in [0.3, 0.4) is 0 Å². The lowest BCUT2D eigenvalue weighted by Gasteiger charge is -2.41. The van der Waals surface area contributed by atoms with Crippen molar-refractivity contribution in [2.75, 3.05) is 20.3 Å². The Bertz CT molecular complexity index is 1370. The van der Waals surface area contributed by atoms with E-state index in [4.69, 9.17) is 18.9 Å². The number of rotatable bonds is 11. The summed E-state index contributed by atoms with van der Waals surface area (Å²) in [7, 11) is 1.66. The molecule has 2 aliphatic heterocycles. The molecule has 0 bridgehead atoms. The van der Waals surface area contributed by atoms with E-state index in [0.717, 1.165) is 77.9 Å². The zero-order chi connectivity index (χ0) is 31.1. The molecule has 1 atom stereocenters. The van der Waals surface area contributed by atoms with Gasteiger partial charge in [-0.15, -0.1) is 0 Å². The van der Waals surface area contributed by atoms with Gasteiger partial charge in [0.1, 0.15) is 22.8 Å². The summed E-state index contributed by atoms with van der Waals surface area (Å²) in [5.41, 5.74) is 8.56. The van der Waals surface area contributed by atoms with Crippen molar-refractivity contribution in [3.8, 4) is 17.2 Å². The lowest BCUT2D eigenvalue weighted by atomic mass is 9.80. The van der Waals surface area contributed by atoms with Gasteiger partial charge in [-0.05, 0) is 102 Å². The van der Waals surface area contributed by atoms with E-state index in [1.165, 1.54) is 23.1 Å². The van der Waals surface area contributed by atoms with Gasteiger partial charge in [-0.2, -0.15) is 0 Å². The molecule has 2 heterocycles. The van der Waals surface area contributed by atoms with Crippen molar-refractivity contribution in [2.24, 2.45) is 0 Å². The fourth-order valence-electron chi connectivity index (χ4n) is 6.32. The highest BCUT2D eigenvalue weighted by atomic mass is 16.7. The zero-order valence-corrected chi connectivity index (χ0v) is 27.1. The molecule has 234 valence electrons. The maximum atomic E-state index is 10.7. The average Bonchev–Trinajstić information content (AvgIpc) is 3.01. The highest BCUT2D eigenvalue weighted by molar-refractivity contribution is 5.59. The normalized spacial score (nSPS) is 20.9. The second-order valence-electron chi connectivity index (χ2n) is 12.3. The number of methoxy groups -OCH3 is 1. The van der Waals surface area contributed by atoms with Crippen LogP contribution in [0.2, 0.25) is 0 Å². The number of benzene rings is 2. The van der Waals surface area contributed by atoms with Gasteiger partial charge in [0.25, 0.3) is 0 Å². The molecule has 6 heteroatoms. The zero-order valence-electron chi connectivity index (χ0n) is 27.1. The van der Waals surface area contributed by atoms with Crippen LogP contribution in [0.4, 0.5) is 0 Å². The molecule has 1 unspecified atom stereocenters. The first-order valence-corrected chi connectivity index (χ1v) is 15.6. The minimum Gasteiger partial charge on any atom is -0.507 e. The van der Waals surface area contributed by atoms with Crippen LogP contribution in [-0.2, 0) is 22.5 Å². The summed E-state index contributed by atoms with van der Waals surface area (Å²) in [6.45, 7) is 13.3. The van der Waals surface area contributed by atoms with Crippen molar-refractivity contribution in [1.29, 1.82) is 0 Å². The number of phenols is 1. The van der Waals surface area contributed by atoms with E-state index >= 15 is 0 Å². The van der Waals surface area contributed by atoms with Gasteiger partial charge in [0.15, 0.2) is 6.29 Å². The molecule has 2 aromatic rings. The smallest absolute Gasteiger partial charge is 0.184 e. The molecular weight excluding hydrogens is 540 g/mol. The van der Waals surface area contributed by atoms with Crippen LogP contribution in [-0.4, -0.2) is 36.1 Å². The third-order valence-corrected chi connectivity index (χ3v) is 9.08. The van der Waals surface area contributed by atoms with E-state index in [2.05, 4.69) is 39.8 Å². The Morgan fingerprint density at radius 1 is 1.07 bits per heavy atom. The maximum absolute atomic E-state index is 10.7. The molecular formula is C37H50O6. The van der Waals surface area contributed by atoms with Crippen LogP contribution >= 0.6 is 0 Å². The van der Waals surface area contributed by atoms with Gasteiger partial charge in [0.2, 0.25) is 0 Å².